The number of amides is 1. The van der Waals surface area contributed by atoms with Gasteiger partial charge in [0.15, 0.2) is 0 Å². The molecule has 1 rings (SSSR count). The van der Waals surface area contributed by atoms with Gasteiger partial charge in [-0.3, -0.25) is 4.90 Å². The standard InChI is InChI=1S/C13H23NO4/c1-5-6-10-8-17-9-11(7-15)14(10)12(16)18-13(2,3)4/h5,10-11,15H,1,6-9H2,2-4H3. The summed E-state index contributed by atoms with van der Waals surface area (Å²) in [5.41, 5.74) is -0.547. The van der Waals surface area contributed by atoms with Crippen LogP contribution in [0.25, 0.3) is 0 Å². The summed E-state index contributed by atoms with van der Waals surface area (Å²) in [5, 5.41) is 9.34. The largest absolute Gasteiger partial charge is 0.444 e. The van der Waals surface area contributed by atoms with Crippen LogP contribution < -0.4 is 0 Å². The fraction of sp³-hybridized carbons (Fsp3) is 0.769. The van der Waals surface area contributed by atoms with E-state index in [-0.39, 0.29) is 18.7 Å². The van der Waals surface area contributed by atoms with E-state index < -0.39 is 11.7 Å². The third kappa shape index (κ3) is 3.99. The van der Waals surface area contributed by atoms with Gasteiger partial charge in [0.05, 0.1) is 31.9 Å². The zero-order chi connectivity index (χ0) is 13.8. The first-order valence-corrected chi connectivity index (χ1v) is 6.20. The van der Waals surface area contributed by atoms with Crippen LogP contribution in [0, 0.1) is 0 Å². The Morgan fingerprint density at radius 2 is 2.11 bits per heavy atom. The molecule has 5 heteroatoms. The highest BCUT2D eigenvalue weighted by Gasteiger charge is 2.36. The fourth-order valence-corrected chi connectivity index (χ4v) is 1.93. The second kappa shape index (κ2) is 6.20. The van der Waals surface area contributed by atoms with Gasteiger partial charge in [0, 0.05) is 0 Å². The van der Waals surface area contributed by atoms with Gasteiger partial charge < -0.3 is 14.6 Å². The van der Waals surface area contributed by atoms with Gasteiger partial charge in [-0.15, -0.1) is 6.58 Å². The topological polar surface area (TPSA) is 59.0 Å². The zero-order valence-corrected chi connectivity index (χ0v) is 11.4. The van der Waals surface area contributed by atoms with Crippen LogP contribution in [0.2, 0.25) is 0 Å². The normalized spacial score (nSPS) is 24.8. The predicted octanol–water partition coefficient (Wildman–Crippen LogP) is 1.56. The Morgan fingerprint density at radius 1 is 1.50 bits per heavy atom. The van der Waals surface area contributed by atoms with Crippen molar-refractivity contribution in [1.29, 1.82) is 0 Å². The van der Waals surface area contributed by atoms with Crippen LogP contribution in [0.15, 0.2) is 12.7 Å². The van der Waals surface area contributed by atoms with Crippen molar-refractivity contribution < 1.29 is 19.4 Å². The predicted molar refractivity (Wildman–Crippen MR) is 68.4 cm³/mol. The highest BCUT2D eigenvalue weighted by molar-refractivity contribution is 5.69. The molecule has 0 saturated carbocycles. The Labute approximate surface area is 108 Å². The summed E-state index contributed by atoms with van der Waals surface area (Å²) in [4.78, 5) is 13.8. The van der Waals surface area contributed by atoms with Crippen molar-refractivity contribution in [2.75, 3.05) is 19.8 Å². The number of nitrogens with zero attached hydrogens (tertiary/aromatic N) is 1. The molecule has 0 bridgehead atoms. The molecule has 0 aromatic heterocycles. The molecule has 2 atom stereocenters. The van der Waals surface area contributed by atoms with Crippen molar-refractivity contribution >= 4 is 6.09 Å². The van der Waals surface area contributed by atoms with Crippen LogP contribution >= 0.6 is 0 Å². The molecule has 1 aliphatic rings. The second-order valence-corrected chi connectivity index (χ2v) is 5.44. The number of carbonyl (C=O) groups excluding carboxylic acids is 1. The first-order valence-electron chi connectivity index (χ1n) is 6.20. The number of carbonyl (C=O) groups is 1. The Bertz CT molecular complexity index is 298. The zero-order valence-electron chi connectivity index (χ0n) is 11.4. The number of ether oxygens (including phenoxy) is 2. The molecule has 1 amide bonds. The Kier molecular flexibility index (Phi) is 5.16. The summed E-state index contributed by atoms with van der Waals surface area (Å²) in [6, 6.07) is -0.471. The van der Waals surface area contributed by atoms with E-state index in [0.29, 0.717) is 19.6 Å². The van der Waals surface area contributed by atoms with Crippen molar-refractivity contribution in [3.63, 3.8) is 0 Å². The quantitative estimate of drug-likeness (QED) is 0.779. The third-order valence-corrected chi connectivity index (χ3v) is 2.66. The van der Waals surface area contributed by atoms with Crippen LogP contribution in [-0.4, -0.2) is 53.6 Å². The van der Waals surface area contributed by atoms with E-state index >= 15 is 0 Å². The SMILES string of the molecule is C=CCC1COCC(CO)N1C(=O)OC(C)(C)C. The minimum absolute atomic E-state index is 0.122. The monoisotopic (exact) mass is 257 g/mol. The molecule has 1 heterocycles. The number of aliphatic hydroxyl groups is 1. The molecule has 1 N–H and O–H groups in total. The highest BCUT2D eigenvalue weighted by Crippen LogP contribution is 2.20. The number of rotatable bonds is 3. The van der Waals surface area contributed by atoms with Crippen LogP contribution in [-0.2, 0) is 9.47 Å². The number of hydrogen-bond acceptors (Lipinski definition) is 4. The Hall–Kier alpha value is -1.07. The van der Waals surface area contributed by atoms with E-state index in [1.54, 1.807) is 11.0 Å². The Balaban J connectivity index is 2.81. The molecule has 0 aromatic rings. The van der Waals surface area contributed by atoms with E-state index in [4.69, 9.17) is 9.47 Å². The van der Waals surface area contributed by atoms with Gasteiger partial charge in [-0.1, -0.05) is 6.08 Å². The molecular formula is C13H23NO4. The average Bonchev–Trinajstić information content (AvgIpc) is 2.26. The van der Waals surface area contributed by atoms with Crippen molar-refractivity contribution in [3.05, 3.63) is 12.7 Å². The molecule has 1 fully saturated rings. The van der Waals surface area contributed by atoms with Gasteiger partial charge in [-0.25, -0.2) is 4.79 Å². The molecule has 2 unspecified atom stereocenters. The van der Waals surface area contributed by atoms with Gasteiger partial charge in [-0.2, -0.15) is 0 Å². The second-order valence-electron chi connectivity index (χ2n) is 5.44. The van der Waals surface area contributed by atoms with Gasteiger partial charge in [0.2, 0.25) is 0 Å². The van der Waals surface area contributed by atoms with E-state index in [0.717, 1.165) is 0 Å². The molecular weight excluding hydrogens is 234 g/mol. The minimum Gasteiger partial charge on any atom is -0.444 e. The summed E-state index contributed by atoms with van der Waals surface area (Å²) in [6.45, 7) is 9.79. The molecule has 0 aliphatic carbocycles. The maximum absolute atomic E-state index is 12.2. The first-order chi connectivity index (χ1) is 8.39. The summed E-state index contributed by atoms with van der Waals surface area (Å²) >= 11 is 0. The number of hydrogen-bond donors (Lipinski definition) is 1. The first kappa shape index (κ1) is 15.0. The Morgan fingerprint density at radius 3 is 2.61 bits per heavy atom. The van der Waals surface area contributed by atoms with Gasteiger partial charge in [0.1, 0.15) is 5.60 Å². The summed E-state index contributed by atoms with van der Waals surface area (Å²) in [6.07, 6.45) is 1.96. The maximum Gasteiger partial charge on any atom is 0.411 e. The lowest BCUT2D eigenvalue weighted by molar-refractivity contribution is -0.0714. The fourth-order valence-electron chi connectivity index (χ4n) is 1.93. The molecule has 0 spiro atoms. The molecule has 0 aromatic carbocycles. The molecule has 0 radical (unpaired) electrons. The van der Waals surface area contributed by atoms with Crippen LogP contribution in [0.5, 0.6) is 0 Å². The highest BCUT2D eigenvalue weighted by atomic mass is 16.6. The molecule has 18 heavy (non-hydrogen) atoms. The van der Waals surface area contributed by atoms with Crippen molar-refractivity contribution in [3.8, 4) is 0 Å². The van der Waals surface area contributed by atoms with Crippen molar-refractivity contribution in [1.82, 2.24) is 4.90 Å². The average molecular weight is 257 g/mol. The molecule has 1 saturated heterocycles. The lowest BCUT2D eigenvalue weighted by Crippen LogP contribution is -2.57. The van der Waals surface area contributed by atoms with E-state index in [2.05, 4.69) is 6.58 Å². The van der Waals surface area contributed by atoms with Crippen LogP contribution in [0.4, 0.5) is 4.79 Å². The van der Waals surface area contributed by atoms with Crippen molar-refractivity contribution in [2.45, 2.75) is 44.9 Å². The summed E-state index contributed by atoms with van der Waals surface area (Å²) in [7, 11) is 0. The minimum atomic E-state index is -0.547. The maximum atomic E-state index is 12.2. The van der Waals surface area contributed by atoms with E-state index in [1.807, 2.05) is 20.8 Å². The van der Waals surface area contributed by atoms with Gasteiger partial charge in [0.25, 0.3) is 0 Å². The molecule has 104 valence electrons. The summed E-state index contributed by atoms with van der Waals surface area (Å²) < 4.78 is 10.8. The third-order valence-electron chi connectivity index (χ3n) is 2.66. The smallest absolute Gasteiger partial charge is 0.411 e. The lowest BCUT2D eigenvalue weighted by Gasteiger charge is -2.41. The van der Waals surface area contributed by atoms with Crippen molar-refractivity contribution in [2.24, 2.45) is 0 Å². The van der Waals surface area contributed by atoms with E-state index in [9.17, 15) is 9.90 Å². The van der Waals surface area contributed by atoms with E-state index in [1.165, 1.54) is 0 Å². The van der Waals surface area contributed by atoms with Gasteiger partial charge >= 0.3 is 6.09 Å². The van der Waals surface area contributed by atoms with Crippen LogP contribution in [0.1, 0.15) is 27.2 Å². The lowest BCUT2D eigenvalue weighted by atomic mass is 10.1. The van der Waals surface area contributed by atoms with Gasteiger partial charge in [-0.05, 0) is 27.2 Å². The van der Waals surface area contributed by atoms with Crippen LogP contribution in [0.3, 0.4) is 0 Å². The molecule has 5 nitrogen and oxygen atoms in total. The molecule has 1 aliphatic heterocycles. The number of morpholine rings is 1. The number of aliphatic hydroxyl groups excluding tert-OH is 1. The summed E-state index contributed by atoms with van der Waals surface area (Å²) in [5.74, 6) is 0.